The maximum atomic E-state index is 3.96. The largest absolute Gasteiger partial charge is 0.343 e. The second kappa shape index (κ2) is 12.3. The molecule has 0 heterocycles. The van der Waals surface area contributed by atoms with Crippen LogP contribution in [0.2, 0.25) is 0 Å². The van der Waals surface area contributed by atoms with Crippen LogP contribution in [0.4, 0.5) is 0 Å². The Hall–Kier alpha value is 0.908. The summed E-state index contributed by atoms with van der Waals surface area (Å²) < 4.78 is 0. The van der Waals surface area contributed by atoms with Crippen molar-refractivity contribution in [2.75, 3.05) is 0 Å². The summed E-state index contributed by atoms with van der Waals surface area (Å²) in [4.78, 5) is 0. The van der Waals surface area contributed by atoms with Crippen LogP contribution < -0.4 is 0 Å². The van der Waals surface area contributed by atoms with Crippen LogP contribution in [0.5, 0.6) is 0 Å². The molecular formula is C19H25Y2-. The average Bonchev–Trinajstić information content (AvgIpc) is 2.45. The van der Waals surface area contributed by atoms with Crippen molar-refractivity contribution in [3.63, 3.8) is 0 Å². The predicted octanol–water partition coefficient (Wildman–Crippen LogP) is 5.72. The Kier molecular flexibility index (Phi) is 12.9. The molecule has 0 atom stereocenters. The molecule has 0 spiro atoms. The summed E-state index contributed by atoms with van der Waals surface area (Å²) in [6.45, 7) is 6.23. The summed E-state index contributed by atoms with van der Waals surface area (Å²) in [6.07, 6.45) is 8.50. The molecule has 2 radical (unpaired) electrons. The Labute approximate surface area is 180 Å². The minimum absolute atomic E-state index is 0. The second-order valence-corrected chi connectivity index (χ2v) is 5.35. The van der Waals surface area contributed by atoms with E-state index in [4.69, 9.17) is 0 Å². The number of benzene rings is 2. The third-order valence-corrected chi connectivity index (χ3v) is 3.82. The van der Waals surface area contributed by atoms with Crippen molar-refractivity contribution >= 4 is 10.8 Å². The molecule has 21 heavy (non-hydrogen) atoms. The van der Waals surface area contributed by atoms with Crippen LogP contribution >= 0.6 is 0 Å². The Morgan fingerprint density at radius 3 is 1.90 bits per heavy atom. The van der Waals surface area contributed by atoms with Gasteiger partial charge in [0.1, 0.15) is 0 Å². The summed E-state index contributed by atoms with van der Waals surface area (Å²) in [6, 6.07) is 13.5. The van der Waals surface area contributed by atoms with Gasteiger partial charge in [-0.25, -0.2) is 0 Å². The zero-order chi connectivity index (χ0) is 13.5. The molecule has 0 aliphatic rings. The number of fused-ring (bicyclic) bond motifs is 1. The normalized spacial score (nSPS) is 10.0. The molecule has 2 aromatic rings. The van der Waals surface area contributed by atoms with Crippen molar-refractivity contribution < 1.29 is 65.4 Å². The molecule has 2 heteroatoms. The fourth-order valence-electron chi connectivity index (χ4n) is 2.80. The van der Waals surface area contributed by atoms with E-state index in [1.807, 2.05) is 0 Å². The molecule has 0 saturated heterocycles. The molecule has 0 amide bonds. The van der Waals surface area contributed by atoms with Gasteiger partial charge in [-0.2, -0.15) is 6.42 Å². The molecule has 0 aromatic heterocycles. The summed E-state index contributed by atoms with van der Waals surface area (Å²) >= 11 is 0. The van der Waals surface area contributed by atoms with Gasteiger partial charge in [0.05, 0.1) is 0 Å². The molecular weight excluding hydrogens is 406 g/mol. The van der Waals surface area contributed by atoms with Gasteiger partial charge in [-0.1, -0.05) is 62.6 Å². The first kappa shape index (κ1) is 21.9. The van der Waals surface area contributed by atoms with E-state index < -0.39 is 0 Å². The first-order valence-corrected chi connectivity index (χ1v) is 7.65. The summed E-state index contributed by atoms with van der Waals surface area (Å²) in [5.41, 5.74) is 3.04. The SMILES string of the molecule is [CH2-]CCCc1cccc2cccc(CCCCC)c12.[Y].[Y]. The smallest absolute Gasteiger partial charge is 0 e. The van der Waals surface area contributed by atoms with Crippen molar-refractivity contribution in [1.82, 2.24) is 0 Å². The second-order valence-electron chi connectivity index (χ2n) is 5.35. The maximum absolute atomic E-state index is 3.96. The molecule has 2 aromatic carbocycles. The first-order chi connectivity index (χ1) is 9.36. The van der Waals surface area contributed by atoms with Crippen LogP contribution in [0, 0.1) is 6.92 Å². The fraction of sp³-hybridized carbons (Fsp3) is 0.421. The molecule has 0 saturated carbocycles. The zero-order valence-electron chi connectivity index (χ0n) is 13.3. The van der Waals surface area contributed by atoms with Crippen molar-refractivity contribution in [1.29, 1.82) is 0 Å². The molecule has 2 rings (SSSR count). The van der Waals surface area contributed by atoms with Crippen molar-refractivity contribution in [2.24, 2.45) is 0 Å². The van der Waals surface area contributed by atoms with Crippen LogP contribution in [0.1, 0.15) is 50.2 Å². The topological polar surface area (TPSA) is 0 Å². The van der Waals surface area contributed by atoms with Gasteiger partial charge in [0.15, 0.2) is 0 Å². The van der Waals surface area contributed by atoms with Gasteiger partial charge in [-0.05, 0) is 41.2 Å². The van der Waals surface area contributed by atoms with Crippen molar-refractivity contribution in [3.8, 4) is 0 Å². The predicted molar refractivity (Wildman–Crippen MR) is 85.5 cm³/mol. The Morgan fingerprint density at radius 1 is 0.810 bits per heavy atom. The number of rotatable bonds is 7. The van der Waals surface area contributed by atoms with E-state index in [1.165, 1.54) is 54.0 Å². The molecule has 0 N–H and O–H groups in total. The monoisotopic (exact) mass is 431 g/mol. The number of hydrogen-bond acceptors (Lipinski definition) is 0. The van der Waals surface area contributed by atoms with E-state index in [1.54, 1.807) is 0 Å². The molecule has 0 aliphatic heterocycles. The summed E-state index contributed by atoms with van der Waals surface area (Å²) in [5.74, 6) is 0. The van der Waals surface area contributed by atoms with Crippen LogP contribution in [0.15, 0.2) is 36.4 Å². The molecule has 0 aliphatic carbocycles. The molecule has 0 unspecified atom stereocenters. The van der Waals surface area contributed by atoms with Gasteiger partial charge < -0.3 is 6.92 Å². The van der Waals surface area contributed by atoms with Crippen LogP contribution in [-0.4, -0.2) is 0 Å². The standard InChI is InChI=1S/C19H25.2Y/c1-3-5-7-11-17-13-9-15-18-14-8-12-16(19(17)18)10-6-4-2;;/h8-9,12-15H,2-7,10-11H2,1H3;;/q-1;;. The molecule has 108 valence electrons. The maximum Gasteiger partial charge on any atom is 0 e. The first-order valence-electron chi connectivity index (χ1n) is 7.65. The number of unbranched alkanes of at least 4 members (excludes halogenated alkanes) is 3. The fourth-order valence-corrected chi connectivity index (χ4v) is 2.80. The quantitative estimate of drug-likeness (QED) is 0.389. The van der Waals surface area contributed by atoms with Crippen molar-refractivity contribution in [3.05, 3.63) is 54.4 Å². The Bertz CT molecular complexity index is 515. The van der Waals surface area contributed by atoms with Gasteiger partial charge in [0.2, 0.25) is 0 Å². The zero-order valence-corrected chi connectivity index (χ0v) is 19.0. The number of aryl methyl sites for hydroxylation is 2. The minimum Gasteiger partial charge on any atom is -0.343 e. The Balaban J connectivity index is 0.00000200. The van der Waals surface area contributed by atoms with E-state index in [0.29, 0.717) is 0 Å². The van der Waals surface area contributed by atoms with Gasteiger partial charge in [0, 0.05) is 65.4 Å². The summed E-state index contributed by atoms with van der Waals surface area (Å²) in [7, 11) is 0. The van der Waals surface area contributed by atoms with Crippen LogP contribution in [-0.2, 0) is 78.3 Å². The van der Waals surface area contributed by atoms with Gasteiger partial charge >= 0.3 is 0 Å². The van der Waals surface area contributed by atoms with E-state index in [-0.39, 0.29) is 65.4 Å². The van der Waals surface area contributed by atoms with Gasteiger partial charge in [-0.15, -0.1) is 0 Å². The van der Waals surface area contributed by atoms with Crippen molar-refractivity contribution in [2.45, 2.75) is 51.9 Å². The van der Waals surface area contributed by atoms with Crippen LogP contribution in [0.3, 0.4) is 0 Å². The molecule has 0 bridgehead atoms. The Morgan fingerprint density at radius 2 is 1.38 bits per heavy atom. The molecule has 0 nitrogen and oxygen atoms in total. The van der Waals surface area contributed by atoms with Crippen LogP contribution in [0.25, 0.3) is 10.8 Å². The number of hydrogen-bond donors (Lipinski definition) is 0. The van der Waals surface area contributed by atoms with E-state index in [0.717, 1.165) is 12.8 Å². The average molecular weight is 431 g/mol. The van der Waals surface area contributed by atoms with E-state index >= 15 is 0 Å². The van der Waals surface area contributed by atoms with Gasteiger partial charge in [-0.3, -0.25) is 0 Å². The van der Waals surface area contributed by atoms with Gasteiger partial charge in [0.25, 0.3) is 0 Å². The third kappa shape index (κ3) is 6.50. The molecule has 0 fully saturated rings. The third-order valence-electron chi connectivity index (χ3n) is 3.82. The summed E-state index contributed by atoms with van der Waals surface area (Å²) in [5, 5.41) is 2.91. The minimum atomic E-state index is 0. The van der Waals surface area contributed by atoms with E-state index in [9.17, 15) is 0 Å². The van der Waals surface area contributed by atoms with E-state index in [2.05, 4.69) is 50.2 Å².